The van der Waals surface area contributed by atoms with Crippen molar-refractivity contribution in [3.63, 3.8) is 0 Å². The molecule has 1 amide bonds. The molecule has 5 heteroatoms. The van der Waals surface area contributed by atoms with Crippen LogP contribution in [0, 0.1) is 5.82 Å². The van der Waals surface area contributed by atoms with Crippen molar-refractivity contribution in [2.45, 2.75) is 13.0 Å². The zero-order valence-electron chi connectivity index (χ0n) is 10.2. The number of carbonyl (C=O) groups is 1. The average molecular weight is 240 g/mol. The Morgan fingerprint density at radius 1 is 1.53 bits per heavy atom. The van der Waals surface area contributed by atoms with Crippen LogP contribution in [0.1, 0.15) is 17.3 Å². The van der Waals surface area contributed by atoms with E-state index in [1.807, 2.05) is 6.92 Å². The number of likely N-dealkylation sites (N-methyl/N-ethyl adjacent to an activating group) is 1. The van der Waals surface area contributed by atoms with Crippen LogP contribution in [0.4, 0.5) is 4.39 Å². The molecule has 1 aromatic rings. The third kappa shape index (κ3) is 3.71. The zero-order chi connectivity index (χ0) is 12.8. The maximum absolute atomic E-state index is 13.1. The van der Waals surface area contributed by atoms with Gasteiger partial charge in [0.2, 0.25) is 0 Å². The lowest BCUT2D eigenvalue weighted by Gasteiger charge is -2.13. The summed E-state index contributed by atoms with van der Waals surface area (Å²) in [6.45, 7) is 2.40. The number of hydrogen-bond donors (Lipinski definition) is 2. The van der Waals surface area contributed by atoms with Crippen LogP contribution >= 0.6 is 0 Å². The van der Waals surface area contributed by atoms with Gasteiger partial charge in [0, 0.05) is 12.6 Å². The SMILES string of the molecule is CNC(C)CNC(=O)c1cc(F)ccc1OC. The molecule has 0 aliphatic rings. The van der Waals surface area contributed by atoms with E-state index in [1.165, 1.54) is 19.2 Å². The molecule has 1 aromatic carbocycles. The third-order valence-electron chi connectivity index (χ3n) is 2.47. The van der Waals surface area contributed by atoms with Crippen molar-refractivity contribution < 1.29 is 13.9 Å². The summed E-state index contributed by atoms with van der Waals surface area (Å²) in [7, 11) is 3.25. The minimum Gasteiger partial charge on any atom is -0.496 e. The van der Waals surface area contributed by atoms with Gasteiger partial charge in [-0.1, -0.05) is 0 Å². The monoisotopic (exact) mass is 240 g/mol. The van der Waals surface area contributed by atoms with Crippen LogP contribution in [0.2, 0.25) is 0 Å². The molecule has 0 radical (unpaired) electrons. The van der Waals surface area contributed by atoms with Crippen LogP contribution in [0.3, 0.4) is 0 Å². The molecular formula is C12H17FN2O2. The molecule has 0 heterocycles. The highest BCUT2D eigenvalue weighted by Gasteiger charge is 2.13. The Hall–Kier alpha value is -1.62. The van der Waals surface area contributed by atoms with E-state index in [-0.39, 0.29) is 17.5 Å². The second kappa shape index (κ2) is 6.20. The number of halogens is 1. The Kier molecular flexibility index (Phi) is 4.90. The van der Waals surface area contributed by atoms with Crippen molar-refractivity contribution in [2.24, 2.45) is 0 Å². The highest BCUT2D eigenvalue weighted by atomic mass is 19.1. The first kappa shape index (κ1) is 13.4. The van der Waals surface area contributed by atoms with Gasteiger partial charge in [0.25, 0.3) is 5.91 Å². The minimum absolute atomic E-state index is 0.151. The van der Waals surface area contributed by atoms with Gasteiger partial charge in [-0.15, -0.1) is 0 Å². The summed E-state index contributed by atoms with van der Waals surface area (Å²) in [6, 6.07) is 4.01. The normalized spacial score (nSPS) is 12.0. The van der Waals surface area contributed by atoms with Crippen LogP contribution in [-0.2, 0) is 0 Å². The number of rotatable bonds is 5. The molecule has 0 saturated heterocycles. The molecule has 4 nitrogen and oxygen atoms in total. The van der Waals surface area contributed by atoms with E-state index in [1.54, 1.807) is 7.05 Å². The van der Waals surface area contributed by atoms with E-state index in [9.17, 15) is 9.18 Å². The van der Waals surface area contributed by atoms with Crippen molar-refractivity contribution in [2.75, 3.05) is 20.7 Å². The van der Waals surface area contributed by atoms with Gasteiger partial charge in [-0.2, -0.15) is 0 Å². The Morgan fingerprint density at radius 3 is 2.82 bits per heavy atom. The fourth-order valence-corrected chi connectivity index (χ4v) is 1.30. The first-order chi connectivity index (χ1) is 8.08. The largest absolute Gasteiger partial charge is 0.496 e. The van der Waals surface area contributed by atoms with E-state index in [0.29, 0.717) is 12.3 Å². The molecule has 94 valence electrons. The first-order valence-electron chi connectivity index (χ1n) is 5.37. The van der Waals surface area contributed by atoms with Gasteiger partial charge in [-0.05, 0) is 32.2 Å². The summed E-state index contributed by atoms with van der Waals surface area (Å²) in [5.74, 6) is -0.443. The molecule has 1 unspecified atom stereocenters. The van der Waals surface area contributed by atoms with Gasteiger partial charge in [-0.3, -0.25) is 4.79 Å². The lowest BCUT2D eigenvalue weighted by molar-refractivity contribution is 0.0947. The molecule has 17 heavy (non-hydrogen) atoms. The van der Waals surface area contributed by atoms with E-state index in [2.05, 4.69) is 10.6 Å². The van der Waals surface area contributed by atoms with Gasteiger partial charge < -0.3 is 15.4 Å². The standard InChI is InChI=1S/C12H17FN2O2/c1-8(14-2)7-15-12(16)10-6-9(13)4-5-11(10)17-3/h4-6,8,14H,7H2,1-3H3,(H,15,16). The Morgan fingerprint density at radius 2 is 2.24 bits per heavy atom. The third-order valence-corrected chi connectivity index (χ3v) is 2.47. The van der Waals surface area contributed by atoms with Crippen molar-refractivity contribution in [1.82, 2.24) is 10.6 Å². The average Bonchev–Trinajstić information content (AvgIpc) is 2.35. The van der Waals surface area contributed by atoms with Gasteiger partial charge in [0.1, 0.15) is 11.6 Å². The highest BCUT2D eigenvalue weighted by Crippen LogP contribution is 2.18. The molecule has 2 N–H and O–H groups in total. The molecule has 1 rings (SSSR count). The van der Waals surface area contributed by atoms with Crippen LogP contribution in [0.5, 0.6) is 5.75 Å². The number of nitrogens with one attached hydrogen (secondary N) is 2. The Labute approximate surface area is 100 Å². The summed E-state index contributed by atoms with van der Waals surface area (Å²) >= 11 is 0. The van der Waals surface area contributed by atoms with E-state index in [0.717, 1.165) is 6.07 Å². The molecule has 0 bridgehead atoms. The summed E-state index contributed by atoms with van der Waals surface area (Å²) in [4.78, 5) is 11.8. The van der Waals surface area contributed by atoms with Crippen LogP contribution in [0.15, 0.2) is 18.2 Å². The van der Waals surface area contributed by atoms with E-state index < -0.39 is 5.82 Å². The van der Waals surface area contributed by atoms with Crippen LogP contribution in [0.25, 0.3) is 0 Å². The number of hydrogen-bond acceptors (Lipinski definition) is 3. The molecule has 1 atom stereocenters. The quantitative estimate of drug-likeness (QED) is 0.812. The zero-order valence-corrected chi connectivity index (χ0v) is 10.2. The molecular weight excluding hydrogens is 223 g/mol. The van der Waals surface area contributed by atoms with E-state index >= 15 is 0 Å². The Balaban J connectivity index is 2.77. The smallest absolute Gasteiger partial charge is 0.255 e. The number of methoxy groups -OCH3 is 1. The van der Waals surface area contributed by atoms with Gasteiger partial charge >= 0.3 is 0 Å². The summed E-state index contributed by atoms with van der Waals surface area (Å²) in [5, 5.41) is 5.70. The first-order valence-corrected chi connectivity index (χ1v) is 5.37. The predicted octanol–water partition coefficient (Wildman–Crippen LogP) is 1.17. The van der Waals surface area contributed by atoms with Crippen molar-refractivity contribution >= 4 is 5.91 Å². The second-order valence-electron chi connectivity index (χ2n) is 3.74. The van der Waals surface area contributed by atoms with E-state index in [4.69, 9.17) is 4.74 Å². The maximum Gasteiger partial charge on any atom is 0.255 e. The lowest BCUT2D eigenvalue weighted by atomic mass is 10.1. The lowest BCUT2D eigenvalue weighted by Crippen LogP contribution is -2.37. The fourth-order valence-electron chi connectivity index (χ4n) is 1.30. The summed E-state index contributed by atoms with van der Waals surface area (Å²) < 4.78 is 18.1. The van der Waals surface area contributed by atoms with Gasteiger partial charge in [-0.25, -0.2) is 4.39 Å². The predicted molar refractivity (Wildman–Crippen MR) is 63.8 cm³/mol. The molecule has 0 fully saturated rings. The maximum atomic E-state index is 13.1. The number of benzene rings is 1. The molecule has 0 aliphatic carbocycles. The van der Waals surface area contributed by atoms with Crippen LogP contribution in [-0.4, -0.2) is 32.7 Å². The topological polar surface area (TPSA) is 50.4 Å². The van der Waals surface area contributed by atoms with Crippen molar-refractivity contribution in [3.05, 3.63) is 29.6 Å². The molecule has 0 aromatic heterocycles. The van der Waals surface area contributed by atoms with Gasteiger partial charge in [0.05, 0.1) is 12.7 Å². The second-order valence-corrected chi connectivity index (χ2v) is 3.74. The van der Waals surface area contributed by atoms with Crippen LogP contribution < -0.4 is 15.4 Å². The van der Waals surface area contributed by atoms with Crippen molar-refractivity contribution in [1.29, 1.82) is 0 Å². The Bertz CT molecular complexity index is 396. The van der Waals surface area contributed by atoms with Crippen molar-refractivity contribution in [3.8, 4) is 5.75 Å². The molecule has 0 spiro atoms. The highest BCUT2D eigenvalue weighted by molar-refractivity contribution is 5.96. The molecule has 0 aliphatic heterocycles. The number of ether oxygens (including phenoxy) is 1. The summed E-state index contributed by atoms with van der Waals surface area (Å²) in [5.41, 5.74) is 0.204. The number of carbonyl (C=O) groups excluding carboxylic acids is 1. The minimum atomic E-state index is -0.461. The molecule has 0 saturated carbocycles. The summed E-state index contributed by atoms with van der Waals surface area (Å²) in [6.07, 6.45) is 0. The fraction of sp³-hybridized carbons (Fsp3) is 0.417. The van der Waals surface area contributed by atoms with Gasteiger partial charge in [0.15, 0.2) is 0 Å². The number of amides is 1.